The third kappa shape index (κ3) is 5.56. The number of nitrogens with zero attached hydrogens (tertiary/aromatic N) is 2. The fraction of sp³-hybridized carbons (Fsp3) is 0.0508. The quantitative estimate of drug-likeness (QED) is 0.157. The van der Waals surface area contributed by atoms with Gasteiger partial charge >= 0.3 is 0 Å². The topological polar surface area (TPSA) is 25.8 Å². The summed E-state index contributed by atoms with van der Waals surface area (Å²) in [4.78, 5) is 10.5. The summed E-state index contributed by atoms with van der Waals surface area (Å²) in [7, 11) is 0. The molecule has 61 heavy (non-hydrogen) atoms. The molecule has 1 heterocycles. The number of fused-ring (bicyclic) bond motifs is 9. The van der Waals surface area contributed by atoms with Gasteiger partial charge in [0.2, 0.25) is 0 Å². The van der Waals surface area contributed by atoms with E-state index in [9.17, 15) is 0 Å². The number of allylic oxidation sites excluding steroid dienone is 4. The minimum absolute atomic E-state index is 0.471. The first-order valence-corrected chi connectivity index (χ1v) is 21.3. The smallest absolute Gasteiger partial charge is 0.160 e. The Balaban J connectivity index is 1.12. The summed E-state index contributed by atoms with van der Waals surface area (Å²) in [5.74, 6) is 0.759. The number of hydrogen-bond donors (Lipinski definition) is 0. The summed E-state index contributed by atoms with van der Waals surface area (Å²) < 4.78 is 0. The van der Waals surface area contributed by atoms with E-state index in [1.807, 2.05) is 0 Å². The van der Waals surface area contributed by atoms with Gasteiger partial charge in [-0.2, -0.15) is 0 Å². The summed E-state index contributed by atoms with van der Waals surface area (Å²) >= 11 is 0. The normalized spacial score (nSPS) is 13.9. The molecule has 0 saturated heterocycles. The van der Waals surface area contributed by atoms with Gasteiger partial charge in [-0.3, -0.25) is 0 Å². The van der Waals surface area contributed by atoms with E-state index in [1.54, 1.807) is 0 Å². The standard InChI is InChI=1S/C59H40N2/c1-5-18-39(19-6-1)55-38-56(61-58(60-55)40-20-7-2-8-21-40)51-30-17-29-50-46-27-14-13-26-45(46)47-34-32-41(36-52(47)57(50)51)42-33-35-49-48-28-15-16-31-53(48)59(54(49)37-42,43-22-9-3-10-23-43)44-24-11-4-12-25-44/h1,3-7,9-38H,2,8H2. The molecular weight excluding hydrogens is 737 g/mol. The Hall–Kier alpha value is -7.68. The number of aromatic nitrogens is 2. The van der Waals surface area contributed by atoms with Crippen LogP contribution in [0.4, 0.5) is 0 Å². The van der Waals surface area contributed by atoms with E-state index in [0.29, 0.717) is 0 Å². The maximum absolute atomic E-state index is 5.37. The molecule has 2 nitrogen and oxygen atoms in total. The van der Waals surface area contributed by atoms with Crippen LogP contribution in [0.3, 0.4) is 0 Å². The predicted molar refractivity (Wildman–Crippen MR) is 255 cm³/mol. The minimum Gasteiger partial charge on any atom is -0.228 e. The van der Waals surface area contributed by atoms with Gasteiger partial charge in [0.15, 0.2) is 5.82 Å². The molecule has 2 aliphatic rings. The largest absolute Gasteiger partial charge is 0.228 e. The van der Waals surface area contributed by atoms with Crippen LogP contribution >= 0.6 is 0 Å². The van der Waals surface area contributed by atoms with E-state index in [2.05, 4.69) is 218 Å². The van der Waals surface area contributed by atoms with Crippen molar-refractivity contribution in [3.63, 3.8) is 0 Å². The molecular formula is C59H40N2. The van der Waals surface area contributed by atoms with E-state index in [1.165, 1.54) is 76.8 Å². The molecule has 0 atom stereocenters. The molecule has 0 spiro atoms. The van der Waals surface area contributed by atoms with Crippen LogP contribution in [0, 0.1) is 0 Å². The van der Waals surface area contributed by atoms with Crippen LogP contribution < -0.4 is 0 Å². The molecule has 2 heteroatoms. The predicted octanol–water partition coefficient (Wildman–Crippen LogP) is 15.0. The summed E-state index contributed by atoms with van der Waals surface area (Å²) in [5.41, 5.74) is 14.7. The number of hydrogen-bond acceptors (Lipinski definition) is 2. The monoisotopic (exact) mass is 776 g/mol. The van der Waals surface area contributed by atoms with Crippen LogP contribution in [-0.2, 0) is 5.41 Å². The molecule has 0 aliphatic heterocycles. The van der Waals surface area contributed by atoms with Crippen molar-refractivity contribution in [2.75, 3.05) is 0 Å². The third-order valence-electron chi connectivity index (χ3n) is 13.0. The van der Waals surface area contributed by atoms with Gasteiger partial charge in [0.1, 0.15) is 0 Å². The first kappa shape index (κ1) is 35.3. The van der Waals surface area contributed by atoms with Crippen LogP contribution in [0.2, 0.25) is 0 Å². The molecule has 0 radical (unpaired) electrons. The van der Waals surface area contributed by atoms with Crippen molar-refractivity contribution in [1.82, 2.24) is 9.97 Å². The van der Waals surface area contributed by atoms with Gasteiger partial charge in [-0.05, 0) is 108 Å². The second-order valence-electron chi connectivity index (χ2n) is 16.3. The highest BCUT2D eigenvalue weighted by Crippen LogP contribution is 2.57. The molecule has 0 bridgehead atoms. The second kappa shape index (κ2) is 14.3. The molecule has 10 aromatic rings. The fourth-order valence-electron chi connectivity index (χ4n) is 10.3. The molecule has 0 unspecified atom stereocenters. The van der Waals surface area contributed by atoms with Gasteiger partial charge in [0.05, 0.1) is 16.8 Å². The van der Waals surface area contributed by atoms with Gasteiger partial charge in [-0.25, -0.2) is 9.97 Å². The zero-order valence-electron chi connectivity index (χ0n) is 33.6. The van der Waals surface area contributed by atoms with Gasteiger partial charge < -0.3 is 0 Å². The van der Waals surface area contributed by atoms with E-state index in [-0.39, 0.29) is 0 Å². The van der Waals surface area contributed by atoms with Crippen molar-refractivity contribution in [1.29, 1.82) is 0 Å². The zero-order chi connectivity index (χ0) is 40.3. The van der Waals surface area contributed by atoms with Crippen molar-refractivity contribution in [3.8, 4) is 44.8 Å². The van der Waals surface area contributed by atoms with E-state index in [0.717, 1.165) is 46.8 Å². The van der Waals surface area contributed by atoms with Crippen molar-refractivity contribution in [2.24, 2.45) is 0 Å². The highest BCUT2D eigenvalue weighted by Gasteiger charge is 2.46. The van der Waals surface area contributed by atoms with Gasteiger partial charge in [0.25, 0.3) is 0 Å². The van der Waals surface area contributed by atoms with Gasteiger partial charge in [0, 0.05) is 16.7 Å². The number of benzene rings is 9. The molecule has 2 aliphatic carbocycles. The van der Waals surface area contributed by atoms with E-state index >= 15 is 0 Å². The molecule has 0 N–H and O–H groups in total. The number of rotatable bonds is 6. The summed E-state index contributed by atoms with van der Waals surface area (Å²) in [6.45, 7) is 0. The molecule has 0 saturated carbocycles. The molecule has 0 fully saturated rings. The van der Waals surface area contributed by atoms with Crippen molar-refractivity contribution < 1.29 is 0 Å². The first-order valence-electron chi connectivity index (χ1n) is 21.3. The van der Waals surface area contributed by atoms with Crippen molar-refractivity contribution in [2.45, 2.75) is 18.3 Å². The first-order chi connectivity index (χ1) is 30.3. The van der Waals surface area contributed by atoms with Crippen LogP contribution in [0.5, 0.6) is 0 Å². The highest BCUT2D eigenvalue weighted by atomic mass is 14.9. The lowest BCUT2D eigenvalue weighted by Gasteiger charge is -2.34. The highest BCUT2D eigenvalue weighted by molar-refractivity contribution is 6.28. The lowest BCUT2D eigenvalue weighted by Crippen LogP contribution is -2.28. The summed E-state index contributed by atoms with van der Waals surface area (Å²) in [6.07, 6.45) is 8.70. The van der Waals surface area contributed by atoms with Crippen LogP contribution in [0.1, 0.15) is 40.9 Å². The maximum Gasteiger partial charge on any atom is 0.160 e. The summed E-state index contributed by atoms with van der Waals surface area (Å²) in [5, 5.41) is 7.34. The van der Waals surface area contributed by atoms with Crippen molar-refractivity contribution >= 4 is 37.9 Å². The Morgan fingerprint density at radius 3 is 1.72 bits per heavy atom. The minimum atomic E-state index is -0.471. The fourth-order valence-corrected chi connectivity index (χ4v) is 10.3. The third-order valence-corrected chi connectivity index (χ3v) is 13.0. The van der Waals surface area contributed by atoms with Gasteiger partial charge in [-0.15, -0.1) is 0 Å². The SMILES string of the molecule is C1=CC(c2nc(-c3ccccc3)cc(-c3cccc4c5ccccc5c5ccc(-c6ccc7c(c6)C(c6ccccc6)(c6ccccc6)c6ccccc6-7)cc5c34)n2)=CCC1. The average molecular weight is 777 g/mol. The Kier molecular flexibility index (Phi) is 8.24. The molecule has 286 valence electrons. The second-order valence-corrected chi connectivity index (χ2v) is 16.3. The van der Waals surface area contributed by atoms with E-state index in [4.69, 9.17) is 9.97 Å². The average Bonchev–Trinajstić information content (AvgIpc) is 3.65. The van der Waals surface area contributed by atoms with E-state index < -0.39 is 5.41 Å². The van der Waals surface area contributed by atoms with Crippen molar-refractivity contribution in [3.05, 3.63) is 246 Å². The zero-order valence-corrected chi connectivity index (χ0v) is 33.6. The Labute approximate surface area is 355 Å². The Morgan fingerprint density at radius 2 is 0.967 bits per heavy atom. The summed E-state index contributed by atoms with van der Waals surface area (Å²) in [6, 6.07) is 73.5. The molecule has 0 amide bonds. The Morgan fingerprint density at radius 1 is 0.377 bits per heavy atom. The molecule has 9 aromatic carbocycles. The lowest BCUT2D eigenvalue weighted by molar-refractivity contribution is 0.769. The lowest BCUT2D eigenvalue weighted by atomic mass is 9.67. The van der Waals surface area contributed by atoms with Crippen LogP contribution in [0.15, 0.2) is 218 Å². The molecule has 1 aromatic heterocycles. The van der Waals surface area contributed by atoms with Crippen LogP contribution in [-0.4, -0.2) is 9.97 Å². The molecule has 12 rings (SSSR count). The maximum atomic E-state index is 5.37. The van der Waals surface area contributed by atoms with Gasteiger partial charge in [-0.1, -0.05) is 200 Å². The van der Waals surface area contributed by atoms with Crippen LogP contribution in [0.25, 0.3) is 82.7 Å². The Bertz CT molecular complexity index is 3360.